The van der Waals surface area contributed by atoms with E-state index in [1.165, 1.54) is 23.0 Å². The van der Waals surface area contributed by atoms with Gasteiger partial charge in [0.2, 0.25) is 0 Å². The van der Waals surface area contributed by atoms with Crippen molar-refractivity contribution in [2.24, 2.45) is 4.99 Å². The Kier molecular flexibility index (Phi) is 9.06. The molecule has 4 rings (SSSR count). The predicted molar refractivity (Wildman–Crippen MR) is 151 cm³/mol. The number of ether oxygens (including phenoxy) is 3. The number of methoxy groups -OCH3 is 1. The van der Waals surface area contributed by atoms with E-state index in [1.807, 2.05) is 6.92 Å². The van der Waals surface area contributed by atoms with Crippen LogP contribution in [-0.4, -0.2) is 42.6 Å². The predicted octanol–water partition coefficient (Wildman–Crippen LogP) is 3.91. The highest BCUT2D eigenvalue weighted by Gasteiger charge is 2.33. The molecule has 2 aromatic carbocycles. The third-order valence-corrected chi connectivity index (χ3v) is 7.32. The van der Waals surface area contributed by atoms with E-state index in [0.29, 0.717) is 55.5 Å². The molecule has 1 aliphatic rings. The van der Waals surface area contributed by atoms with Gasteiger partial charge in [-0.25, -0.2) is 9.79 Å². The molecule has 1 aromatic heterocycles. The van der Waals surface area contributed by atoms with Gasteiger partial charge in [-0.1, -0.05) is 41.1 Å². The molecule has 2 heterocycles. The minimum Gasteiger partial charge on any atom is -0.504 e. The number of aromatic hydroxyl groups is 1. The van der Waals surface area contributed by atoms with E-state index in [9.17, 15) is 14.7 Å². The van der Waals surface area contributed by atoms with Gasteiger partial charge in [0.25, 0.3) is 5.56 Å². The maximum atomic E-state index is 13.9. The Morgan fingerprint density at radius 1 is 1.26 bits per heavy atom. The molecular weight excluding hydrogens is 540 g/mol. The van der Waals surface area contributed by atoms with Crippen molar-refractivity contribution in [3.05, 3.63) is 102 Å². The number of carbonyl (C=O) groups excluding carboxylic acids is 1. The van der Waals surface area contributed by atoms with E-state index >= 15 is 0 Å². The monoisotopic (exact) mass is 568 g/mol. The standard InChI is InChI=1S/C29H29ClN2O6S/c1-5-7-20-14-18(15-22(26(20)33)37-6-2)16-23-27(34)32-25(19-8-10-21(30)11-9-19)24(17(3)31-29(32)39-23)28(35)38-13-12-36-4/h5,8-11,14-16,25,33H,1,6-7,12-13H2,2-4H3. The van der Waals surface area contributed by atoms with E-state index in [4.69, 9.17) is 25.8 Å². The smallest absolute Gasteiger partial charge is 0.338 e. The first-order valence-corrected chi connectivity index (χ1v) is 13.5. The van der Waals surface area contributed by atoms with Crippen LogP contribution in [0.4, 0.5) is 0 Å². The van der Waals surface area contributed by atoms with Crippen LogP contribution in [0.25, 0.3) is 6.08 Å². The summed E-state index contributed by atoms with van der Waals surface area (Å²) >= 11 is 7.34. The molecule has 0 aliphatic carbocycles. The van der Waals surface area contributed by atoms with Gasteiger partial charge in [-0.05, 0) is 61.7 Å². The lowest BCUT2D eigenvalue weighted by atomic mass is 9.96. The zero-order valence-corrected chi connectivity index (χ0v) is 23.5. The quantitative estimate of drug-likeness (QED) is 0.226. The number of hydrogen-bond donors (Lipinski definition) is 1. The van der Waals surface area contributed by atoms with Crippen molar-refractivity contribution in [2.45, 2.75) is 26.3 Å². The molecule has 1 aliphatic heterocycles. The highest BCUT2D eigenvalue weighted by atomic mass is 35.5. The van der Waals surface area contributed by atoms with Crippen LogP contribution in [0, 0.1) is 0 Å². The van der Waals surface area contributed by atoms with Crippen LogP contribution in [0.5, 0.6) is 11.5 Å². The molecule has 0 bridgehead atoms. The normalized spacial score (nSPS) is 15.1. The summed E-state index contributed by atoms with van der Waals surface area (Å²) in [6.45, 7) is 7.99. The number of phenolic OH excluding ortho intramolecular Hbond substituents is 1. The van der Waals surface area contributed by atoms with Crippen LogP contribution in [0.15, 0.2) is 70.1 Å². The van der Waals surface area contributed by atoms with Gasteiger partial charge < -0.3 is 19.3 Å². The summed E-state index contributed by atoms with van der Waals surface area (Å²) in [6, 6.07) is 9.70. The fourth-order valence-corrected chi connectivity index (χ4v) is 5.51. The van der Waals surface area contributed by atoms with Gasteiger partial charge in [-0.3, -0.25) is 9.36 Å². The molecule has 0 spiro atoms. The molecule has 8 nitrogen and oxygen atoms in total. The average Bonchev–Trinajstić information content (AvgIpc) is 3.20. The number of allylic oxidation sites excluding steroid dienone is 2. The van der Waals surface area contributed by atoms with Crippen molar-refractivity contribution in [1.82, 2.24) is 4.57 Å². The summed E-state index contributed by atoms with van der Waals surface area (Å²) in [5, 5.41) is 11.1. The topological polar surface area (TPSA) is 99.4 Å². The lowest BCUT2D eigenvalue weighted by Crippen LogP contribution is -2.40. The first-order chi connectivity index (χ1) is 18.8. The van der Waals surface area contributed by atoms with Crippen molar-refractivity contribution >= 4 is 35.0 Å². The van der Waals surface area contributed by atoms with Crippen LogP contribution in [0.1, 0.15) is 36.6 Å². The Bertz CT molecular complexity index is 1600. The first kappa shape index (κ1) is 28.4. The van der Waals surface area contributed by atoms with E-state index in [-0.39, 0.29) is 30.1 Å². The molecule has 204 valence electrons. The number of esters is 1. The zero-order chi connectivity index (χ0) is 28.1. The van der Waals surface area contributed by atoms with Crippen molar-refractivity contribution in [2.75, 3.05) is 26.9 Å². The van der Waals surface area contributed by atoms with Crippen LogP contribution in [0.3, 0.4) is 0 Å². The maximum Gasteiger partial charge on any atom is 0.338 e. The first-order valence-electron chi connectivity index (χ1n) is 12.3. The molecule has 0 saturated heterocycles. The number of thiazole rings is 1. The third-order valence-electron chi connectivity index (χ3n) is 6.09. The van der Waals surface area contributed by atoms with Gasteiger partial charge in [0, 0.05) is 17.7 Å². The Morgan fingerprint density at radius 3 is 2.67 bits per heavy atom. The number of hydrogen-bond acceptors (Lipinski definition) is 8. The molecular formula is C29H29ClN2O6S. The summed E-state index contributed by atoms with van der Waals surface area (Å²) in [7, 11) is 1.52. The summed E-state index contributed by atoms with van der Waals surface area (Å²) in [5.41, 5.74) is 2.41. The number of fused-ring (bicyclic) bond motifs is 1. The van der Waals surface area contributed by atoms with E-state index in [2.05, 4.69) is 11.6 Å². The highest BCUT2D eigenvalue weighted by molar-refractivity contribution is 7.07. The number of carbonyl (C=O) groups is 1. The zero-order valence-electron chi connectivity index (χ0n) is 21.9. The van der Waals surface area contributed by atoms with Gasteiger partial charge in [0.15, 0.2) is 16.3 Å². The van der Waals surface area contributed by atoms with Gasteiger partial charge in [-0.2, -0.15) is 0 Å². The van der Waals surface area contributed by atoms with Crippen LogP contribution in [0.2, 0.25) is 5.02 Å². The molecule has 0 radical (unpaired) electrons. The number of aromatic nitrogens is 1. The number of nitrogens with zero attached hydrogens (tertiary/aromatic N) is 2. The second-order valence-corrected chi connectivity index (χ2v) is 10.2. The summed E-state index contributed by atoms with van der Waals surface area (Å²) in [6.07, 6.45) is 3.84. The minimum atomic E-state index is -0.758. The Balaban J connectivity index is 1.89. The molecule has 0 fully saturated rings. The Hall–Kier alpha value is -3.66. The Labute approximate surface area is 234 Å². The number of rotatable bonds is 10. The molecule has 39 heavy (non-hydrogen) atoms. The van der Waals surface area contributed by atoms with Gasteiger partial charge >= 0.3 is 5.97 Å². The van der Waals surface area contributed by atoms with Crippen molar-refractivity contribution < 1.29 is 24.1 Å². The van der Waals surface area contributed by atoms with Crippen molar-refractivity contribution in [3.63, 3.8) is 0 Å². The van der Waals surface area contributed by atoms with Crippen LogP contribution in [-0.2, 0) is 20.7 Å². The fraction of sp³-hybridized carbons (Fsp3) is 0.276. The van der Waals surface area contributed by atoms with Gasteiger partial charge in [0.05, 0.1) is 35.1 Å². The SMILES string of the molecule is C=CCc1cc(C=c2sc3n(c2=O)C(c2ccc(Cl)cc2)C(C(=O)OCCOC)=C(C)N=3)cc(OCC)c1O. The molecule has 10 heteroatoms. The summed E-state index contributed by atoms with van der Waals surface area (Å²) < 4.78 is 18.0. The summed E-state index contributed by atoms with van der Waals surface area (Å²) in [4.78, 5) is 32.1. The average molecular weight is 569 g/mol. The van der Waals surface area contributed by atoms with E-state index in [0.717, 1.165) is 0 Å². The van der Waals surface area contributed by atoms with Crippen LogP contribution >= 0.6 is 22.9 Å². The highest BCUT2D eigenvalue weighted by Crippen LogP contribution is 2.33. The minimum absolute atomic E-state index is 0.0466. The molecule has 1 atom stereocenters. The van der Waals surface area contributed by atoms with Crippen LogP contribution < -0.4 is 19.6 Å². The maximum absolute atomic E-state index is 13.9. The van der Waals surface area contributed by atoms with E-state index in [1.54, 1.807) is 55.5 Å². The van der Waals surface area contributed by atoms with Crippen molar-refractivity contribution in [1.29, 1.82) is 0 Å². The number of phenols is 1. The largest absolute Gasteiger partial charge is 0.504 e. The molecule has 0 saturated carbocycles. The number of benzene rings is 2. The molecule has 3 aromatic rings. The molecule has 1 unspecified atom stereocenters. The number of halogens is 1. The van der Waals surface area contributed by atoms with Crippen molar-refractivity contribution in [3.8, 4) is 11.5 Å². The fourth-order valence-electron chi connectivity index (χ4n) is 4.34. The molecule has 1 N–H and O–H groups in total. The second kappa shape index (κ2) is 12.5. The third kappa shape index (κ3) is 6.00. The van der Waals surface area contributed by atoms with Gasteiger partial charge in [-0.15, -0.1) is 6.58 Å². The lowest BCUT2D eigenvalue weighted by molar-refractivity contribution is -0.140. The second-order valence-electron chi connectivity index (χ2n) is 8.71. The van der Waals surface area contributed by atoms with Gasteiger partial charge in [0.1, 0.15) is 6.61 Å². The molecule has 0 amide bonds. The summed E-state index contributed by atoms with van der Waals surface area (Å²) in [5.74, 6) is -0.200. The Morgan fingerprint density at radius 2 is 2.00 bits per heavy atom. The lowest BCUT2D eigenvalue weighted by Gasteiger charge is -2.24. The van der Waals surface area contributed by atoms with E-state index < -0.39 is 12.0 Å².